The number of rotatable bonds is 4. The first-order valence-electron chi connectivity index (χ1n) is 10.4. The predicted octanol–water partition coefficient (Wildman–Crippen LogP) is 4.04. The van der Waals surface area contributed by atoms with Crippen molar-refractivity contribution in [1.82, 2.24) is 15.1 Å². The Morgan fingerprint density at radius 1 is 1.04 bits per heavy atom. The first kappa shape index (κ1) is 19.2. The Bertz CT molecular complexity index is 563. The van der Waals surface area contributed by atoms with Crippen molar-refractivity contribution in [2.24, 2.45) is 11.8 Å². The van der Waals surface area contributed by atoms with Crippen LogP contribution in [-0.4, -0.2) is 48.6 Å². The van der Waals surface area contributed by atoms with E-state index in [1.54, 1.807) is 0 Å². The zero-order chi connectivity index (χ0) is 18.4. The number of aryl methyl sites for hydroxylation is 1. The van der Waals surface area contributed by atoms with Gasteiger partial charge in [0.2, 0.25) is 0 Å². The third-order valence-corrected chi connectivity index (χ3v) is 6.09. The van der Waals surface area contributed by atoms with Crippen LogP contribution in [0, 0.1) is 18.8 Å². The van der Waals surface area contributed by atoms with E-state index in [9.17, 15) is 4.79 Å². The maximum absolute atomic E-state index is 12.5. The van der Waals surface area contributed by atoms with E-state index in [-0.39, 0.29) is 6.03 Å². The fourth-order valence-corrected chi connectivity index (χ4v) is 4.16. The van der Waals surface area contributed by atoms with Crippen molar-refractivity contribution in [3.05, 3.63) is 35.4 Å². The molecule has 2 amide bonds. The first-order valence-corrected chi connectivity index (χ1v) is 10.4. The zero-order valence-electron chi connectivity index (χ0n) is 16.5. The second-order valence-corrected chi connectivity index (χ2v) is 8.41. The second kappa shape index (κ2) is 9.40. The van der Waals surface area contributed by atoms with Crippen molar-refractivity contribution < 1.29 is 4.79 Å². The molecule has 0 radical (unpaired) electrons. The van der Waals surface area contributed by atoms with E-state index in [1.807, 2.05) is 4.90 Å². The number of nitrogens with one attached hydrogen (secondary N) is 1. The van der Waals surface area contributed by atoms with E-state index in [1.165, 1.54) is 44.5 Å². The number of nitrogens with zero attached hydrogens (tertiary/aromatic N) is 2. The summed E-state index contributed by atoms with van der Waals surface area (Å²) >= 11 is 0. The largest absolute Gasteiger partial charge is 0.334 e. The summed E-state index contributed by atoms with van der Waals surface area (Å²) in [4.78, 5) is 17.2. The zero-order valence-corrected chi connectivity index (χ0v) is 16.5. The average molecular weight is 358 g/mol. The van der Waals surface area contributed by atoms with Crippen LogP contribution in [0.4, 0.5) is 4.79 Å². The smallest absolute Gasteiger partial charge is 0.317 e. The Morgan fingerprint density at radius 3 is 2.50 bits per heavy atom. The molecule has 0 saturated carbocycles. The molecule has 1 unspecified atom stereocenters. The van der Waals surface area contributed by atoms with Gasteiger partial charge in [0.1, 0.15) is 0 Å². The Balaban J connectivity index is 1.41. The summed E-state index contributed by atoms with van der Waals surface area (Å²) in [5.41, 5.74) is 2.41. The summed E-state index contributed by atoms with van der Waals surface area (Å²) in [6.07, 6.45) is 6.23. The Labute approximate surface area is 158 Å². The minimum Gasteiger partial charge on any atom is -0.334 e. The van der Waals surface area contributed by atoms with Gasteiger partial charge in [-0.25, -0.2) is 4.79 Å². The van der Waals surface area contributed by atoms with E-state index in [4.69, 9.17) is 0 Å². The van der Waals surface area contributed by atoms with Crippen LogP contribution in [0.25, 0.3) is 0 Å². The number of benzene rings is 1. The third kappa shape index (κ3) is 5.73. The van der Waals surface area contributed by atoms with Gasteiger partial charge in [0.05, 0.1) is 0 Å². The molecule has 2 fully saturated rings. The van der Waals surface area contributed by atoms with E-state index in [2.05, 4.69) is 48.3 Å². The maximum Gasteiger partial charge on any atom is 0.317 e. The molecule has 0 bridgehead atoms. The molecule has 1 aromatic carbocycles. The van der Waals surface area contributed by atoms with Crippen molar-refractivity contribution >= 4 is 6.03 Å². The maximum atomic E-state index is 12.5. The summed E-state index contributed by atoms with van der Waals surface area (Å²) in [6.45, 7) is 10.6. The Kier molecular flexibility index (Phi) is 6.95. The summed E-state index contributed by atoms with van der Waals surface area (Å²) in [5.74, 6) is 1.64. The van der Waals surface area contributed by atoms with Crippen molar-refractivity contribution in [2.75, 3.05) is 32.7 Å². The minimum atomic E-state index is 0.0954. The van der Waals surface area contributed by atoms with Crippen LogP contribution in [0.3, 0.4) is 0 Å². The monoisotopic (exact) mass is 357 g/mol. The predicted molar refractivity (Wildman–Crippen MR) is 107 cm³/mol. The van der Waals surface area contributed by atoms with Crippen molar-refractivity contribution in [2.45, 2.75) is 52.5 Å². The molecule has 1 aromatic rings. The molecule has 0 aromatic heterocycles. The lowest BCUT2D eigenvalue weighted by Crippen LogP contribution is -2.40. The molecule has 2 aliphatic heterocycles. The van der Waals surface area contributed by atoms with Gasteiger partial charge in [-0.05, 0) is 69.5 Å². The fourth-order valence-electron chi connectivity index (χ4n) is 4.16. The lowest BCUT2D eigenvalue weighted by atomic mass is 9.95. The van der Waals surface area contributed by atoms with Crippen LogP contribution in [0.5, 0.6) is 0 Å². The summed E-state index contributed by atoms with van der Waals surface area (Å²) in [5, 5.41) is 3.09. The number of carbonyl (C=O) groups is 1. The summed E-state index contributed by atoms with van der Waals surface area (Å²) < 4.78 is 0. The van der Waals surface area contributed by atoms with Crippen molar-refractivity contribution in [1.29, 1.82) is 0 Å². The molecule has 1 atom stereocenters. The summed E-state index contributed by atoms with van der Waals surface area (Å²) in [7, 11) is 0. The molecular formula is C22H35N3O. The second-order valence-electron chi connectivity index (χ2n) is 8.41. The van der Waals surface area contributed by atoms with Crippen molar-refractivity contribution in [3.8, 4) is 0 Å². The SMILES string of the molecule is Cc1ccc(CNC(=O)N2CCCC(CN3CCC(C)CC3)CC2)cc1. The molecular weight excluding hydrogens is 322 g/mol. The molecule has 2 heterocycles. The number of carbonyl (C=O) groups excluding carboxylic acids is 1. The first-order chi connectivity index (χ1) is 12.6. The van der Waals surface area contributed by atoms with E-state index in [0.29, 0.717) is 6.54 Å². The standard InChI is InChI=1S/C22H35N3O/c1-18-5-7-20(8-6-18)16-23-22(26)25-12-3-4-21(11-15-25)17-24-13-9-19(2)10-14-24/h5-8,19,21H,3-4,9-17H2,1-2H3,(H,23,26). The highest BCUT2D eigenvalue weighted by molar-refractivity contribution is 5.74. The minimum absolute atomic E-state index is 0.0954. The lowest BCUT2D eigenvalue weighted by molar-refractivity contribution is 0.160. The lowest BCUT2D eigenvalue weighted by Gasteiger charge is -2.32. The molecule has 0 aliphatic carbocycles. The quantitative estimate of drug-likeness (QED) is 0.883. The van der Waals surface area contributed by atoms with Crippen molar-refractivity contribution in [3.63, 3.8) is 0 Å². The van der Waals surface area contributed by atoms with Gasteiger partial charge in [0.25, 0.3) is 0 Å². The van der Waals surface area contributed by atoms with Gasteiger partial charge in [0, 0.05) is 26.2 Å². The number of likely N-dealkylation sites (tertiary alicyclic amines) is 2. The average Bonchev–Trinajstić information content (AvgIpc) is 2.88. The normalized spacial score (nSPS) is 22.8. The highest BCUT2D eigenvalue weighted by Gasteiger charge is 2.23. The van der Waals surface area contributed by atoms with Gasteiger partial charge in [-0.3, -0.25) is 0 Å². The van der Waals surface area contributed by atoms with Gasteiger partial charge < -0.3 is 15.1 Å². The number of hydrogen-bond donors (Lipinski definition) is 1. The Morgan fingerprint density at radius 2 is 1.77 bits per heavy atom. The highest BCUT2D eigenvalue weighted by atomic mass is 16.2. The van der Waals surface area contributed by atoms with Crippen LogP contribution in [0.15, 0.2) is 24.3 Å². The van der Waals surface area contributed by atoms with E-state index < -0.39 is 0 Å². The molecule has 144 valence electrons. The van der Waals surface area contributed by atoms with Gasteiger partial charge in [0.15, 0.2) is 0 Å². The molecule has 26 heavy (non-hydrogen) atoms. The number of hydrogen-bond acceptors (Lipinski definition) is 2. The molecule has 3 rings (SSSR count). The number of amides is 2. The van der Waals surface area contributed by atoms with Gasteiger partial charge in [-0.15, -0.1) is 0 Å². The van der Waals surface area contributed by atoms with Crippen LogP contribution in [-0.2, 0) is 6.54 Å². The third-order valence-electron chi connectivity index (χ3n) is 6.09. The number of piperidine rings is 1. The number of urea groups is 1. The Hall–Kier alpha value is -1.55. The van der Waals surface area contributed by atoms with E-state index >= 15 is 0 Å². The fraction of sp³-hybridized carbons (Fsp3) is 0.682. The van der Waals surface area contributed by atoms with E-state index in [0.717, 1.165) is 43.3 Å². The van der Waals surface area contributed by atoms with Crippen LogP contribution >= 0.6 is 0 Å². The molecule has 2 saturated heterocycles. The molecule has 1 N–H and O–H groups in total. The topological polar surface area (TPSA) is 35.6 Å². The molecule has 4 heteroatoms. The molecule has 4 nitrogen and oxygen atoms in total. The molecule has 2 aliphatic rings. The van der Waals surface area contributed by atoms with Gasteiger partial charge >= 0.3 is 6.03 Å². The summed E-state index contributed by atoms with van der Waals surface area (Å²) in [6, 6.07) is 8.47. The van der Waals surface area contributed by atoms with Crippen LogP contribution in [0.2, 0.25) is 0 Å². The van der Waals surface area contributed by atoms with Gasteiger partial charge in [-0.2, -0.15) is 0 Å². The van der Waals surface area contributed by atoms with Crippen LogP contribution < -0.4 is 5.32 Å². The van der Waals surface area contributed by atoms with Crippen LogP contribution in [0.1, 0.15) is 50.2 Å². The highest BCUT2D eigenvalue weighted by Crippen LogP contribution is 2.22. The molecule has 0 spiro atoms. The van der Waals surface area contributed by atoms with Gasteiger partial charge in [-0.1, -0.05) is 36.8 Å².